The van der Waals surface area contributed by atoms with E-state index in [-0.39, 0.29) is 5.56 Å². The lowest BCUT2D eigenvalue weighted by molar-refractivity contribution is -0.141. The molecular formula is C8H5ClF3NO2. The summed E-state index contributed by atoms with van der Waals surface area (Å²) in [5.74, 6) is -0.898. The summed E-state index contributed by atoms with van der Waals surface area (Å²) < 4.78 is 41.0. The van der Waals surface area contributed by atoms with Crippen molar-refractivity contribution in [1.82, 2.24) is 4.98 Å². The number of alkyl halides is 3. The standard InChI is InChI=1S/C8H5ClF3NO2/c1-15-7(14)4-2-5(8(10,11)12)13-6(9)3-4/h2-3H,1H3. The fourth-order valence-corrected chi connectivity index (χ4v) is 1.09. The maximum atomic E-state index is 12.2. The molecule has 0 aliphatic carbocycles. The summed E-state index contributed by atoms with van der Waals surface area (Å²) in [5, 5.41) is -0.412. The van der Waals surface area contributed by atoms with Crippen molar-refractivity contribution in [3.05, 3.63) is 28.5 Å². The number of esters is 1. The molecule has 1 aromatic heterocycles. The van der Waals surface area contributed by atoms with Crippen molar-refractivity contribution in [2.75, 3.05) is 7.11 Å². The molecular weight excluding hydrogens is 235 g/mol. The lowest BCUT2D eigenvalue weighted by atomic mass is 10.2. The predicted octanol–water partition coefficient (Wildman–Crippen LogP) is 2.54. The first-order chi connectivity index (χ1) is 6.84. The van der Waals surface area contributed by atoms with Crippen molar-refractivity contribution in [3.63, 3.8) is 0 Å². The van der Waals surface area contributed by atoms with Crippen molar-refractivity contribution in [3.8, 4) is 0 Å². The van der Waals surface area contributed by atoms with Gasteiger partial charge in [-0.05, 0) is 12.1 Å². The summed E-state index contributed by atoms with van der Waals surface area (Å²) in [6.07, 6.45) is -4.65. The van der Waals surface area contributed by atoms with Crippen molar-refractivity contribution in [2.24, 2.45) is 0 Å². The smallest absolute Gasteiger partial charge is 0.433 e. The summed E-state index contributed by atoms with van der Waals surface area (Å²) in [5.41, 5.74) is -1.51. The van der Waals surface area contributed by atoms with Crippen LogP contribution in [0.4, 0.5) is 13.2 Å². The first kappa shape index (κ1) is 11.8. The van der Waals surface area contributed by atoms with Gasteiger partial charge in [0, 0.05) is 0 Å². The molecule has 7 heteroatoms. The molecule has 0 aliphatic heterocycles. The van der Waals surface area contributed by atoms with E-state index in [1.54, 1.807) is 0 Å². The molecule has 0 radical (unpaired) electrons. The highest BCUT2D eigenvalue weighted by molar-refractivity contribution is 6.29. The van der Waals surface area contributed by atoms with E-state index in [4.69, 9.17) is 11.6 Å². The van der Waals surface area contributed by atoms with E-state index in [0.717, 1.165) is 13.2 Å². The molecule has 0 unspecified atom stereocenters. The maximum absolute atomic E-state index is 12.2. The summed E-state index contributed by atoms with van der Waals surface area (Å²) in [7, 11) is 1.06. The van der Waals surface area contributed by atoms with Gasteiger partial charge in [-0.3, -0.25) is 0 Å². The van der Waals surface area contributed by atoms with Gasteiger partial charge in [-0.1, -0.05) is 11.6 Å². The molecule has 0 atom stereocenters. The topological polar surface area (TPSA) is 39.2 Å². The van der Waals surface area contributed by atoms with Crippen molar-refractivity contribution in [2.45, 2.75) is 6.18 Å². The van der Waals surface area contributed by atoms with Gasteiger partial charge in [-0.15, -0.1) is 0 Å². The molecule has 15 heavy (non-hydrogen) atoms. The SMILES string of the molecule is COC(=O)c1cc(Cl)nc(C(F)(F)F)c1. The molecule has 1 heterocycles. The molecule has 0 spiro atoms. The zero-order valence-electron chi connectivity index (χ0n) is 7.43. The van der Waals surface area contributed by atoms with E-state index >= 15 is 0 Å². The highest BCUT2D eigenvalue weighted by atomic mass is 35.5. The predicted molar refractivity (Wildman–Crippen MR) is 45.6 cm³/mol. The Morgan fingerprint density at radius 3 is 2.53 bits per heavy atom. The van der Waals surface area contributed by atoms with Gasteiger partial charge >= 0.3 is 12.1 Å². The second kappa shape index (κ2) is 4.06. The average molecular weight is 240 g/mol. The van der Waals surface area contributed by atoms with Gasteiger partial charge in [0.25, 0.3) is 0 Å². The van der Waals surface area contributed by atoms with Crippen LogP contribution in [0.25, 0.3) is 0 Å². The molecule has 1 aromatic rings. The number of methoxy groups -OCH3 is 1. The van der Waals surface area contributed by atoms with Gasteiger partial charge in [0.2, 0.25) is 0 Å². The minimum absolute atomic E-state index is 0.287. The fourth-order valence-electron chi connectivity index (χ4n) is 0.878. The molecule has 0 amide bonds. The average Bonchev–Trinajstić information content (AvgIpc) is 2.14. The summed E-state index contributed by atoms with van der Waals surface area (Å²) >= 11 is 5.34. The van der Waals surface area contributed by atoms with E-state index < -0.39 is 23.0 Å². The Balaban J connectivity index is 3.23. The van der Waals surface area contributed by atoms with Gasteiger partial charge < -0.3 is 4.74 Å². The molecule has 0 saturated carbocycles. The zero-order chi connectivity index (χ0) is 11.6. The summed E-state index contributed by atoms with van der Waals surface area (Å²) in [4.78, 5) is 14.0. The van der Waals surface area contributed by atoms with E-state index in [2.05, 4.69) is 9.72 Å². The first-order valence-electron chi connectivity index (χ1n) is 3.67. The number of aromatic nitrogens is 1. The number of hydrogen-bond donors (Lipinski definition) is 0. The monoisotopic (exact) mass is 239 g/mol. The number of rotatable bonds is 1. The van der Waals surface area contributed by atoms with Crippen LogP contribution >= 0.6 is 11.6 Å². The fraction of sp³-hybridized carbons (Fsp3) is 0.250. The largest absolute Gasteiger partial charge is 0.465 e. The summed E-state index contributed by atoms with van der Waals surface area (Å²) in [6, 6.07) is 1.58. The third-order valence-corrected chi connectivity index (χ3v) is 1.70. The number of hydrogen-bond acceptors (Lipinski definition) is 3. The van der Waals surface area contributed by atoms with Crippen LogP contribution in [0.3, 0.4) is 0 Å². The Morgan fingerprint density at radius 1 is 1.47 bits per heavy atom. The number of carbonyl (C=O) groups excluding carboxylic acids is 1. The number of ether oxygens (including phenoxy) is 1. The highest BCUT2D eigenvalue weighted by Crippen LogP contribution is 2.29. The molecule has 0 saturated heterocycles. The number of carbonyl (C=O) groups is 1. The summed E-state index contributed by atoms with van der Waals surface area (Å²) in [6.45, 7) is 0. The normalized spacial score (nSPS) is 11.3. The Morgan fingerprint density at radius 2 is 2.07 bits per heavy atom. The van der Waals surface area contributed by atoms with Crippen LogP contribution < -0.4 is 0 Å². The Bertz CT molecular complexity index is 392. The Kier molecular flexibility index (Phi) is 3.18. The van der Waals surface area contributed by atoms with Crippen LogP contribution in [-0.2, 0) is 10.9 Å². The second-order valence-electron chi connectivity index (χ2n) is 2.55. The van der Waals surface area contributed by atoms with Gasteiger partial charge in [-0.2, -0.15) is 13.2 Å². The maximum Gasteiger partial charge on any atom is 0.433 e. The van der Waals surface area contributed by atoms with E-state index in [9.17, 15) is 18.0 Å². The first-order valence-corrected chi connectivity index (χ1v) is 4.05. The van der Waals surface area contributed by atoms with Crippen LogP contribution in [0, 0.1) is 0 Å². The van der Waals surface area contributed by atoms with Crippen molar-refractivity contribution >= 4 is 17.6 Å². The van der Waals surface area contributed by atoms with Gasteiger partial charge in [0.1, 0.15) is 10.8 Å². The third-order valence-electron chi connectivity index (χ3n) is 1.51. The molecule has 3 nitrogen and oxygen atoms in total. The molecule has 1 rings (SSSR count). The van der Waals surface area contributed by atoms with E-state index in [0.29, 0.717) is 6.07 Å². The highest BCUT2D eigenvalue weighted by Gasteiger charge is 2.33. The molecule has 0 bridgehead atoms. The number of pyridine rings is 1. The zero-order valence-corrected chi connectivity index (χ0v) is 8.19. The van der Waals surface area contributed by atoms with Crippen LogP contribution in [0.15, 0.2) is 12.1 Å². The van der Waals surface area contributed by atoms with Gasteiger partial charge in [0.15, 0.2) is 0 Å². The lowest BCUT2D eigenvalue weighted by Crippen LogP contribution is -2.11. The van der Waals surface area contributed by atoms with Crippen molar-refractivity contribution in [1.29, 1.82) is 0 Å². The number of halogens is 4. The molecule has 0 fully saturated rings. The van der Waals surface area contributed by atoms with Crippen LogP contribution in [0.1, 0.15) is 16.1 Å². The molecule has 0 aromatic carbocycles. The van der Waals surface area contributed by atoms with Gasteiger partial charge in [-0.25, -0.2) is 9.78 Å². The van der Waals surface area contributed by atoms with Crippen LogP contribution in [0.5, 0.6) is 0 Å². The third kappa shape index (κ3) is 2.82. The Hall–Kier alpha value is -1.30. The van der Waals surface area contributed by atoms with E-state index in [1.807, 2.05) is 0 Å². The quantitative estimate of drug-likeness (QED) is 0.558. The Labute approximate surface area is 87.8 Å². The van der Waals surface area contributed by atoms with Crippen molar-refractivity contribution < 1.29 is 22.7 Å². The minimum atomic E-state index is -4.65. The van der Waals surface area contributed by atoms with Crippen LogP contribution in [-0.4, -0.2) is 18.1 Å². The lowest BCUT2D eigenvalue weighted by Gasteiger charge is -2.07. The number of nitrogens with zero attached hydrogens (tertiary/aromatic N) is 1. The molecule has 0 N–H and O–H groups in total. The minimum Gasteiger partial charge on any atom is -0.465 e. The van der Waals surface area contributed by atoms with Gasteiger partial charge in [0.05, 0.1) is 12.7 Å². The van der Waals surface area contributed by atoms with Crippen LogP contribution in [0.2, 0.25) is 5.15 Å². The van der Waals surface area contributed by atoms with E-state index in [1.165, 1.54) is 0 Å². The second-order valence-corrected chi connectivity index (χ2v) is 2.94. The molecule has 0 aliphatic rings. The molecule has 82 valence electrons.